The van der Waals surface area contributed by atoms with Gasteiger partial charge in [0.1, 0.15) is 5.54 Å². The first kappa shape index (κ1) is 8.32. The predicted octanol–water partition coefficient (Wildman–Crippen LogP) is 0.806. The van der Waals surface area contributed by atoms with Crippen molar-refractivity contribution in [3.8, 4) is 0 Å². The summed E-state index contributed by atoms with van der Waals surface area (Å²) in [4.78, 5) is 10.9. The van der Waals surface area contributed by atoms with Crippen LogP contribution in [0.2, 0.25) is 0 Å². The summed E-state index contributed by atoms with van der Waals surface area (Å²) in [6.45, 7) is 0. The van der Waals surface area contributed by atoms with Crippen molar-refractivity contribution in [1.82, 2.24) is 0 Å². The number of carboxylic acids is 1. The second-order valence-electron chi connectivity index (χ2n) is 3.91. The molecule has 12 heavy (non-hydrogen) atoms. The number of aliphatic carboxylic acids is 1. The summed E-state index contributed by atoms with van der Waals surface area (Å²) in [5, 5.41) is 8.59. The topological polar surface area (TPSA) is 63.3 Å². The summed E-state index contributed by atoms with van der Waals surface area (Å²) in [5.41, 5.74) is 4.65. The highest BCUT2D eigenvalue weighted by atomic mass is 35.5. The number of halogens is 1. The van der Waals surface area contributed by atoms with Crippen molar-refractivity contribution in [1.29, 1.82) is 0 Å². The van der Waals surface area contributed by atoms with E-state index in [9.17, 15) is 4.79 Å². The van der Waals surface area contributed by atoms with Crippen LogP contribution in [0.25, 0.3) is 0 Å². The molecule has 0 aromatic heterocycles. The van der Waals surface area contributed by atoms with Gasteiger partial charge in [-0.3, -0.25) is 4.79 Å². The van der Waals surface area contributed by atoms with E-state index in [1.54, 1.807) is 0 Å². The molecule has 2 unspecified atom stereocenters. The monoisotopic (exact) mass is 189 g/mol. The zero-order valence-corrected chi connectivity index (χ0v) is 7.42. The SMILES string of the molecule is NC1(C(=O)O)C(Cl)[C@@H]2CC[C@H]1C2. The van der Waals surface area contributed by atoms with Crippen molar-refractivity contribution in [2.45, 2.75) is 30.2 Å². The van der Waals surface area contributed by atoms with Crippen LogP contribution in [0.4, 0.5) is 0 Å². The molecule has 4 heteroatoms. The highest BCUT2D eigenvalue weighted by molar-refractivity contribution is 6.24. The molecule has 2 aliphatic carbocycles. The Hall–Kier alpha value is -0.280. The second kappa shape index (κ2) is 2.36. The van der Waals surface area contributed by atoms with Gasteiger partial charge in [-0.1, -0.05) is 0 Å². The minimum atomic E-state index is -1.15. The average Bonchev–Trinajstić information content (AvgIpc) is 2.55. The van der Waals surface area contributed by atoms with Gasteiger partial charge < -0.3 is 10.8 Å². The Morgan fingerprint density at radius 2 is 2.25 bits per heavy atom. The van der Waals surface area contributed by atoms with Crippen LogP contribution in [0.3, 0.4) is 0 Å². The number of fused-ring (bicyclic) bond motifs is 2. The molecule has 2 rings (SSSR count). The van der Waals surface area contributed by atoms with Gasteiger partial charge >= 0.3 is 5.97 Å². The minimum absolute atomic E-state index is 0.0995. The standard InChI is InChI=1S/C8H12ClNO2/c9-6-4-1-2-5(3-4)8(6,10)7(11)12/h4-6H,1-3,10H2,(H,11,12)/t4-,5+,6?,8?/m1/s1. The van der Waals surface area contributed by atoms with Crippen molar-refractivity contribution in [3.63, 3.8) is 0 Å². The quantitative estimate of drug-likeness (QED) is 0.600. The van der Waals surface area contributed by atoms with Crippen LogP contribution in [0, 0.1) is 11.8 Å². The van der Waals surface area contributed by atoms with Crippen LogP contribution in [0.5, 0.6) is 0 Å². The largest absolute Gasteiger partial charge is 0.480 e. The van der Waals surface area contributed by atoms with Crippen molar-refractivity contribution < 1.29 is 9.90 Å². The Labute approximate surface area is 75.9 Å². The van der Waals surface area contributed by atoms with Gasteiger partial charge in [-0.05, 0) is 31.1 Å². The first-order chi connectivity index (χ1) is 5.56. The summed E-state index contributed by atoms with van der Waals surface area (Å²) < 4.78 is 0. The number of nitrogens with two attached hydrogens (primary N) is 1. The molecule has 2 fully saturated rings. The van der Waals surface area contributed by atoms with Crippen LogP contribution in [-0.2, 0) is 4.79 Å². The lowest BCUT2D eigenvalue weighted by molar-refractivity contribution is -0.145. The maximum atomic E-state index is 10.9. The lowest BCUT2D eigenvalue weighted by Gasteiger charge is -2.33. The summed E-state index contributed by atoms with van der Waals surface area (Å²) in [5.74, 6) is -0.505. The molecule has 0 spiro atoms. The van der Waals surface area contributed by atoms with Gasteiger partial charge in [0.25, 0.3) is 0 Å². The Balaban J connectivity index is 2.32. The van der Waals surface area contributed by atoms with Crippen molar-refractivity contribution in [2.75, 3.05) is 0 Å². The molecule has 3 nitrogen and oxygen atoms in total. The Morgan fingerprint density at radius 3 is 2.58 bits per heavy atom. The third kappa shape index (κ3) is 0.783. The molecular weight excluding hydrogens is 178 g/mol. The average molecular weight is 190 g/mol. The molecule has 68 valence electrons. The van der Waals surface area contributed by atoms with Gasteiger partial charge in [-0.2, -0.15) is 0 Å². The van der Waals surface area contributed by atoms with Crippen LogP contribution >= 0.6 is 11.6 Å². The fraction of sp³-hybridized carbons (Fsp3) is 0.875. The number of carbonyl (C=O) groups is 1. The summed E-state index contributed by atoms with van der Waals surface area (Å²) in [6.07, 6.45) is 2.87. The fourth-order valence-electron chi connectivity index (χ4n) is 2.62. The number of rotatable bonds is 1. The Bertz CT molecular complexity index is 229. The van der Waals surface area contributed by atoms with Gasteiger partial charge in [0.15, 0.2) is 0 Å². The number of alkyl halides is 1. The number of carboxylic acid groups (broad SMARTS) is 1. The Kier molecular flexibility index (Phi) is 1.64. The molecule has 2 saturated carbocycles. The van der Waals surface area contributed by atoms with Gasteiger partial charge in [-0.25, -0.2) is 0 Å². The van der Waals surface area contributed by atoms with E-state index in [0.29, 0.717) is 5.92 Å². The highest BCUT2D eigenvalue weighted by Crippen LogP contribution is 2.52. The van der Waals surface area contributed by atoms with Crippen LogP contribution in [-0.4, -0.2) is 22.0 Å². The van der Waals surface area contributed by atoms with Gasteiger partial charge in [0.2, 0.25) is 0 Å². The lowest BCUT2D eigenvalue weighted by Crippen LogP contribution is -2.58. The van der Waals surface area contributed by atoms with E-state index in [1.807, 2.05) is 0 Å². The van der Waals surface area contributed by atoms with E-state index in [4.69, 9.17) is 22.4 Å². The second-order valence-corrected chi connectivity index (χ2v) is 4.38. The molecule has 0 heterocycles. The lowest BCUT2D eigenvalue weighted by atomic mass is 9.81. The highest BCUT2D eigenvalue weighted by Gasteiger charge is 2.60. The van der Waals surface area contributed by atoms with E-state index in [1.165, 1.54) is 0 Å². The van der Waals surface area contributed by atoms with Crippen molar-refractivity contribution >= 4 is 17.6 Å². The molecule has 0 aromatic carbocycles. The van der Waals surface area contributed by atoms with E-state index in [2.05, 4.69) is 0 Å². The van der Waals surface area contributed by atoms with E-state index < -0.39 is 11.5 Å². The van der Waals surface area contributed by atoms with E-state index in [0.717, 1.165) is 19.3 Å². The normalized spacial score (nSPS) is 51.3. The molecule has 4 atom stereocenters. The molecular formula is C8H12ClNO2. The third-order valence-electron chi connectivity index (χ3n) is 3.39. The number of hydrogen-bond donors (Lipinski definition) is 2. The fourth-order valence-corrected chi connectivity index (χ4v) is 3.12. The first-order valence-electron chi connectivity index (χ1n) is 4.23. The zero-order chi connectivity index (χ0) is 8.93. The van der Waals surface area contributed by atoms with Crippen LogP contribution < -0.4 is 5.73 Å². The third-order valence-corrected chi connectivity index (χ3v) is 4.11. The van der Waals surface area contributed by atoms with Gasteiger partial charge in [-0.15, -0.1) is 11.6 Å². The summed E-state index contributed by atoms with van der Waals surface area (Å²) in [7, 11) is 0. The Morgan fingerprint density at radius 1 is 1.58 bits per heavy atom. The van der Waals surface area contributed by atoms with Gasteiger partial charge in [0.05, 0.1) is 5.38 Å². The van der Waals surface area contributed by atoms with E-state index >= 15 is 0 Å². The minimum Gasteiger partial charge on any atom is -0.480 e. The molecule has 0 aliphatic heterocycles. The van der Waals surface area contributed by atoms with E-state index in [-0.39, 0.29) is 11.3 Å². The van der Waals surface area contributed by atoms with Crippen molar-refractivity contribution in [3.05, 3.63) is 0 Å². The summed E-state index contributed by atoms with van der Waals surface area (Å²) in [6, 6.07) is 0. The predicted molar refractivity (Wildman–Crippen MR) is 45.0 cm³/mol. The maximum Gasteiger partial charge on any atom is 0.325 e. The van der Waals surface area contributed by atoms with Crippen LogP contribution in [0.15, 0.2) is 0 Å². The molecule has 3 N–H and O–H groups in total. The van der Waals surface area contributed by atoms with Crippen molar-refractivity contribution in [2.24, 2.45) is 17.6 Å². The first-order valence-corrected chi connectivity index (χ1v) is 4.66. The number of hydrogen-bond acceptors (Lipinski definition) is 2. The van der Waals surface area contributed by atoms with Gasteiger partial charge in [0, 0.05) is 0 Å². The molecule has 2 bridgehead atoms. The van der Waals surface area contributed by atoms with Crippen LogP contribution in [0.1, 0.15) is 19.3 Å². The molecule has 0 radical (unpaired) electrons. The maximum absolute atomic E-state index is 10.9. The molecule has 0 saturated heterocycles. The molecule has 0 aromatic rings. The molecule has 2 aliphatic rings. The summed E-state index contributed by atoms with van der Waals surface area (Å²) >= 11 is 6.01. The smallest absolute Gasteiger partial charge is 0.325 e. The molecule has 0 amide bonds. The zero-order valence-electron chi connectivity index (χ0n) is 6.66.